The van der Waals surface area contributed by atoms with Gasteiger partial charge < -0.3 is 23.8 Å². The standard InChI is InChI=1S/C21H31FN4O5S/c1-16(13-30-4)26-19(14-31-18-8-6-5-7-17(18)22)23-24-21(26)32-15-20(27)25(9-11-28-2)10-12-29-3/h5-8,16H,9-15H2,1-4H3. The number of carbonyl (C=O) groups excluding carboxylic acids is 1. The number of methoxy groups -OCH3 is 3. The third-order valence-electron chi connectivity index (χ3n) is 4.59. The Morgan fingerprint density at radius 1 is 1.12 bits per heavy atom. The molecule has 0 aliphatic carbocycles. The monoisotopic (exact) mass is 470 g/mol. The van der Waals surface area contributed by atoms with E-state index in [2.05, 4.69) is 10.2 Å². The summed E-state index contributed by atoms with van der Waals surface area (Å²) in [6, 6.07) is 6.07. The molecular weight excluding hydrogens is 439 g/mol. The van der Waals surface area contributed by atoms with E-state index in [-0.39, 0.29) is 30.1 Å². The number of benzene rings is 1. The number of thioether (sulfide) groups is 1. The molecule has 2 rings (SSSR count). The van der Waals surface area contributed by atoms with Crippen molar-refractivity contribution in [1.82, 2.24) is 19.7 Å². The number of nitrogens with zero attached hydrogens (tertiary/aromatic N) is 4. The Bertz CT molecular complexity index is 830. The third kappa shape index (κ3) is 7.73. The molecule has 0 N–H and O–H groups in total. The molecule has 178 valence electrons. The van der Waals surface area contributed by atoms with Crippen LogP contribution in [0.4, 0.5) is 4.39 Å². The molecule has 0 fully saturated rings. The van der Waals surface area contributed by atoms with Crippen molar-refractivity contribution in [3.05, 3.63) is 35.9 Å². The lowest BCUT2D eigenvalue weighted by atomic mass is 10.3. The Morgan fingerprint density at radius 2 is 1.81 bits per heavy atom. The van der Waals surface area contributed by atoms with Gasteiger partial charge in [-0.05, 0) is 19.1 Å². The van der Waals surface area contributed by atoms with Crippen molar-refractivity contribution in [3.63, 3.8) is 0 Å². The van der Waals surface area contributed by atoms with Crippen LogP contribution in [-0.2, 0) is 25.6 Å². The lowest BCUT2D eigenvalue weighted by Crippen LogP contribution is -2.37. The molecule has 0 saturated heterocycles. The number of hydrogen-bond donors (Lipinski definition) is 0. The first-order valence-electron chi connectivity index (χ1n) is 10.2. The van der Waals surface area contributed by atoms with Crippen LogP contribution in [-0.4, -0.2) is 85.6 Å². The van der Waals surface area contributed by atoms with Gasteiger partial charge in [0, 0.05) is 34.4 Å². The zero-order valence-electron chi connectivity index (χ0n) is 19.0. The predicted octanol–water partition coefficient (Wildman–Crippen LogP) is 2.42. The smallest absolute Gasteiger partial charge is 0.233 e. The van der Waals surface area contributed by atoms with E-state index in [0.717, 1.165) is 0 Å². The Hall–Kier alpha value is -2.21. The number of hydrogen-bond acceptors (Lipinski definition) is 8. The topological polar surface area (TPSA) is 87.9 Å². The summed E-state index contributed by atoms with van der Waals surface area (Å²) in [5.41, 5.74) is 0. The molecule has 1 aromatic heterocycles. The third-order valence-corrected chi connectivity index (χ3v) is 5.51. The summed E-state index contributed by atoms with van der Waals surface area (Å²) in [5, 5.41) is 9.01. The fourth-order valence-electron chi connectivity index (χ4n) is 2.95. The van der Waals surface area contributed by atoms with Gasteiger partial charge in [0.25, 0.3) is 0 Å². The van der Waals surface area contributed by atoms with Crippen molar-refractivity contribution in [1.29, 1.82) is 0 Å². The van der Waals surface area contributed by atoms with Crippen molar-refractivity contribution in [2.75, 3.05) is 60.0 Å². The van der Waals surface area contributed by atoms with E-state index >= 15 is 0 Å². The van der Waals surface area contributed by atoms with Gasteiger partial charge in [0.05, 0.1) is 31.6 Å². The summed E-state index contributed by atoms with van der Waals surface area (Å²) in [5.74, 6) is 0.332. The van der Waals surface area contributed by atoms with E-state index in [4.69, 9.17) is 18.9 Å². The average molecular weight is 471 g/mol. The number of ether oxygens (including phenoxy) is 4. The molecule has 11 heteroatoms. The molecule has 0 saturated carbocycles. The van der Waals surface area contributed by atoms with Crippen LogP contribution >= 0.6 is 11.8 Å². The van der Waals surface area contributed by atoms with E-state index in [1.165, 1.54) is 17.8 Å². The van der Waals surface area contributed by atoms with Gasteiger partial charge in [-0.15, -0.1) is 10.2 Å². The largest absolute Gasteiger partial charge is 0.483 e. The highest BCUT2D eigenvalue weighted by molar-refractivity contribution is 7.99. The van der Waals surface area contributed by atoms with Gasteiger partial charge in [0.1, 0.15) is 6.61 Å². The minimum Gasteiger partial charge on any atom is -0.483 e. The average Bonchev–Trinajstić information content (AvgIpc) is 3.20. The summed E-state index contributed by atoms with van der Waals surface area (Å²) >= 11 is 1.28. The maximum absolute atomic E-state index is 13.9. The van der Waals surface area contributed by atoms with Gasteiger partial charge in [-0.1, -0.05) is 23.9 Å². The Kier molecular flexibility index (Phi) is 11.4. The molecule has 0 aliphatic heterocycles. The molecular formula is C21H31FN4O5S. The minimum absolute atomic E-state index is 0.0320. The van der Waals surface area contributed by atoms with E-state index in [1.807, 2.05) is 11.5 Å². The van der Waals surface area contributed by atoms with E-state index in [9.17, 15) is 9.18 Å². The summed E-state index contributed by atoms with van der Waals surface area (Å²) in [7, 11) is 4.80. The van der Waals surface area contributed by atoms with Crippen LogP contribution in [0.3, 0.4) is 0 Å². The molecule has 0 aliphatic rings. The Labute approximate surface area is 192 Å². The molecule has 2 aromatic rings. The molecule has 9 nitrogen and oxygen atoms in total. The molecule has 0 bridgehead atoms. The Morgan fingerprint density at radius 3 is 2.44 bits per heavy atom. The van der Waals surface area contributed by atoms with E-state index < -0.39 is 5.82 Å². The first kappa shape index (κ1) is 26.0. The van der Waals surface area contributed by atoms with Crippen LogP contribution in [0.2, 0.25) is 0 Å². The molecule has 1 atom stereocenters. The molecule has 0 radical (unpaired) electrons. The molecule has 1 unspecified atom stereocenters. The second-order valence-corrected chi connectivity index (χ2v) is 7.89. The highest BCUT2D eigenvalue weighted by Crippen LogP contribution is 2.24. The summed E-state index contributed by atoms with van der Waals surface area (Å²) in [6.45, 7) is 4.25. The molecule has 0 spiro atoms. The highest BCUT2D eigenvalue weighted by atomic mass is 32.2. The number of carbonyl (C=O) groups is 1. The van der Waals surface area contributed by atoms with E-state index in [1.54, 1.807) is 44.4 Å². The summed E-state index contributed by atoms with van der Waals surface area (Å²) in [6.07, 6.45) is 0. The fourth-order valence-corrected chi connectivity index (χ4v) is 3.91. The quantitative estimate of drug-likeness (QED) is 0.367. The first-order valence-corrected chi connectivity index (χ1v) is 11.2. The zero-order chi connectivity index (χ0) is 23.3. The van der Waals surface area contributed by atoms with Crippen LogP contribution in [0.15, 0.2) is 29.4 Å². The lowest BCUT2D eigenvalue weighted by molar-refractivity contribution is -0.129. The first-order chi connectivity index (χ1) is 15.5. The molecule has 1 amide bonds. The lowest BCUT2D eigenvalue weighted by Gasteiger charge is -2.22. The van der Waals surface area contributed by atoms with Crippen molar-refractivity contribution >= 4 is 17.7 Å². The zero-order valence-corrected chi connectivity index (χ0v) is 19.8. The van der Waals surface area contributed by atoms with Crippen molar-refractivity contribution in [3.8, 4) is 5.75 Å². The maximum atomic E-state index is 13.9. The molecule has 1 aromatic carbocycles. The van der Waals surface area contributed by atoms with Crippen molar-refractivity contribution < 1.29 is 28.1 Å². The SMILES string of the molecule is COCCN(CCOC)C(=O)CSc1nnc(COc2ccccc2F)n1C(C)COC. The van der Waals surface area contributed by atoms with Crippen LogP contribution in [0.5, 0.6) is 5.75 Å². The number of para-hydroxylation sites is 1. The normalized spacial score (nSPS) is 12.0. The maximum Gasteiger partial charge on any atom is 0.233 e. The molecule has 32 heavy (non-hydrogen) atoms. The summed E-state index contributed by atoms with van der Waals surface area (Å²) < 4.78 is 36.8. The van der Waals surface area contributed by atoms with Gasteiger partial charge in [-0.2, -0.15) is 0 Å². The molecule has 1 heterocycles. The minimum atomic E-state index is -0.448. The van der Waals surface area contributed by atoms with Gasteiger partial charge in [-0.3, -0.25) is 9.36 Å². The van der Waals surface area contributed by atoms with Crippen LogP contribution in [0, 0.1) is 5.82 Å². The second kappa shape index (κ2) is 14.0. The second-order valence-electron chi connectivity index (χ2n) is 6.95. The van der Waals surface area contributed by atoms with Gasteiger partial charge >= 0.3 is 0 Å². The van der Waals surface area contributed by atoms with Crippen molar-refractivity contribution in [2.45, 2.75) is 24.7 Å². The number of amides is 1. The van der Waals surface area contributed by atoms with Crippen LogP contribution < -0.4 is 4.74 Å². The number of aromatic nitrogens is 3. The number of rotatable bonds is 15. The highest BCUT2D eigenvalue weighted by Gasteiger charge is 2.21. The number of halogens is 1. The van der Waals surface area contributed by atoms with Gasteiger partial charge in [0.2, 0.25) is 5.91 Å². The van der Waals surface area contributed by atoms with E-state index in [0.29, 0.717) is 43.9 Å². The van der Waals surface area contributed by atoms with Crippen LogP contribution in [0.25, 0.3) is 0 Å². The summed E-state index contributed by atoms with van der Waals surface area (Å²) in [4.78, 5) is 14.4. The van der Waals surface area contributed by atoms with Gasteiger partial charge in [0.15, 0.2) is 22.5 Å². The predicted molar refractivity (Wildman–Crippen MR) is 118 cm³/mol. The van der Waals surface area contributed by atoms with Gasteiger partial charge in [-0.25, -0.2) is 4.39 Å². The van der Waals surface area contributed by atoms with Crippen molar-refractivity contribution in [2.24, 2.45) is 0 Å². The Balaban J connectivity index is 2.10. The fraction of sp³-hybridized carbons (Fsp3) is 0.571. The van der Waals surface area contributed by atoms with Crippen LogP contribution in [0.1, 0.15) is 18.8 Å².